The second-order valence-corrected chi connectivity index (χ2v) is 10.0. The Bertz CT molecular complexity index is 1140. The summed E-state index contributed by atoms with van der Waals surface area (Å²) in [6, 6.07) is 14.8. The molecule has 1 amide bonds. The number of benzene rings is 2. The van der Waals surface area contributed by atoms with E-state index >= 15 is 0 Å². The van der Waals surface area contributed by atoms with Gasteiger partial charge in [0.25, 0.3) is 15.9 Å². The molecule has 1 N–H and O–H groups in total. The number of hydrogen-bond donors (Lipinski definition) is 1. The number of carbonyl (C=O) groups is 1. The number of sulfonamides is 1. The molecule has 1 fully saturated rings. The molecular formula is C23H25N3O4S2. The van der Waals surface area contributed by atoms with E-state index in [1.165, 1.54) is 17.7 Å². The predicted molar refractivity (Wildman–Crippen MR) is 126 cm³/mol. The molecule has 168 valence electrons. The Balaban J connectivity index is 1.35. The van der Waals surface area contributed by atoms with Crippen LogP contribution in [0.25, 0.3) is 0 Å². The summed E-state index contributed by atoms with van der Waals surface area (Å²) in [6.07, 6.45) is 0. The van der Waals surface area contributed by atoms with Crippen LogP contribution in [0.4, 0.5) is 5.69 Å². The van der Waals surface area contributed by atoms with Crippen LogP contribution in [-0.4, -0.2) is 57.4 Å². The van der Waals surface area contributed by atoms with E-state index in [2.05, 4.69) is 26.4 Å². The fraction of sp³-hybridized carbons (Fsp3) is 0.261. The van der Waals surface area contributed by atoms with Crippen LogP contribution in [0.2, 0.25) is 0 Å². The Morgan fingerprint density at radius 3 is 2.28 bits per heavy atom. The van der Waals surface area contributed by atoms with Crippen molar-refractivity contribution in [2.24, 2.45) is 0 Å². The van der Waals surface area contributed by atoms with Crippen LogP contribution in [0, 0.1) is 0 Å². The van der Waals surface area contributed by atoms with Gasteiger partial charge in [-0.1, -0.05) is 0 Å². The second kappa shape index (κ2) is 9.72. The van der Waals surface area contributed by atoms with Gasteiger partial charge in [-0.3, -0.25) is 14.4 Å². The van der Waals surface area contributed by atoms with Gasteiger partial charge in [-0.15, -0.1) is 0 Å². The molecule has 0 bridgehead atoms. The lowest BCUT2D eigenvalue weighted by Crippen LogP contribution is -2.48. The minimum atomic E-state index is -3.75. The lowest BCUT2D eigenvalue weighted by atomic mass is 10.2. The number of nitrogens with zero attached hydrogens (tertiary/aromatic N) is 2. The molecule has 32 heavy (non-hydrogen) atoms. The maximum atomic E-state index is 12.9. The van der Waals surface area contributed by atoms with Crippen molar-refractivity contribution in [1.82, 2.24) is 9.80 Å². The van der Waals surface area contributed by atoms with Crippen molar-refractivity contribution in [3.63, 3.8) is 0 Å². The SMILES string of the molecule is COc1ccc(NS(=O)(=O)c2ccc(C(=O)N3CCN(Cc4ccsc4)CC3)cc2)cc1. The first-order chi connectivity index (χ1) is 15.4. The van der Waals surface area contributed by atoms with Gasteiger partial charge in [0.1, 0.15) is 5.75 Å². The van der Waals surface area contributed by atoms with Crippen molar-refractivity contribution in [1.29, 1.82) is 0 Å². The molecule has 4 rings (SSSR count). The predicted octanol–water partition coefficient (Wildman–Crippen LogP) is 3.52. The average Bonchev–Trinajstić information content (AvgIpc) is 3.32. The summed E-state index contributed by atoms with van der Waals surface area (Å²) in [6.45, 7) is 3.85. The summed E-state index contributed by atoms with van der Waals surface area (Å²) in [4.78, 5) is 17.1. The maximum absolute atomic E-state index is 12.9. The largest absolute Gasteiger partial charge is 0.497 e. The van der Waals surface area contributed by atoms with E-state index < -0.39 is 10.0 Å². The van der Waals surface area contributed by atoms with E-state index in [1.54, 1.807) is 54.8 Å². The smallest absolute Gasteiger partial charge is 0.261 e. The van der Waals surface area contributed by atoms with Gasteiger partial charge in [-0.2, -0.15) is 11.3 Å². The fourth-order valence-corrected chi connectivity index (χ4v) is 5.30. The first-order valence-corrected chi connectivity index (χ1v) is 12.7. The van der Waals surface area contributed by atoms with Crippen LogP contribution < -0.4 is 9.46 Å². The van der Waals surface area contributed by atoms with E-state index in [4.69, 9.17) is 4.74 Å². The van der Waals surface area contributed by atoms with Crippen LogP contribution in [0.3, 0.4) is 0 Å². The van der Waals surface area contributed by atoms with E-state index in [0.29, 0.717) is 30.1 Å². The quantitative estimate of drug-likeness (QED) is 0.571. The summed E-state index contributed by atoms with van der Waals surface area (Å²) in [5.74, 6) is 0.565. The monoisotopic (exact) mass is 471 g/mol. The summed E-state index contributed by atoms with van der Waals surface area (Å²) in [7, 11) is -2.21. The molecule has 7 nitrogen and oxygen atoms in total. The summed E-state index contributed by atoms with van der Waals surface area (Å²) in [5.41, 5.74) is 2.22. The normalized spacial score (nSPS) is 14.8. The second-order valence-electron chi connectivity index (χ2n) is 7.56. The third-order valence-corrected chi connectivity index (χ3v) is 7.53. The van der Waals surface area contributed by atoms with Crippen molar-refractivity contribution in [2.75, 3.05) is 38.0 Å². The Hall–Kier alpha value is -2.88. The lowest BCUT2D eigenvalue weighted by Gasteiger charge is -2.34. The van der Waals surface area contributed by atoms with Gasteiger partial charge in [0.05, 0.1) is 12.0 Å². The van der Waals surface area contributed by atoms with Gasteiger partial charge < -0.3 is 9.64 Å². The highest BCUT2D eigenvalue weighted by Crippen LogP contribution is 2.20. The topological polar surface area (TPSA) is 78.9 Å². The zero-order valence-electron chi connectivity index (χ0n) is 17.7. The van der Waals surface area contributed by atoms with Crippen molar-refractivity contribution in [3.8, 4) is 5.75 Å². The number of methoxy groups -OCH3 is 1. The number of nitrogens with one attached hydrogen (secondary N) is 1. The Labute approximate surface area is 192 Å². The highest BCUT2D eigenvalue weighted by molar-refractivity contribution is 7.92. The first-order valence-electron chi connectivity index (χ1n) is 10.2. The molecule has 3 aromatic rings. The highest BCUT2D eigenvalue weighted by atomic mass is 32.2. The lowest BCUT2D eigenvalue weighted by molar-refractivity contribution is 0.0628. The van der Waals surface area contributed by atoms with E-state index in [0.717, 1.165) is 19.6 Å². The number of carbonyl (C=O) groups excluding carboxylic acids is 1. The van der Waals surface area contributed by atoms with Gasteiger partial charge in [0.2, 0.25) is 0 Å². The van der Waals surface area contributed by atoms with Crippen LogP contribution in [0.5, 0.6) is 5.75 Å². The molecule has 0 radical (unpaired) electrons. The molecule has 2 heterocycles. The number of hydrogen-bond acceptors (Lipinski definition) is 6. The van der Waals surface area contributed by atoms with Gasteiger partial charge in [-0.05, 0) is 70.9 Å². The summed E-state index contributed by atoms with van der Waals surface area (Å²) < 4.78 is 32.9. The number of rotatable bonds is 7. The van der Waals surface area contributed by atoms with Gasteiger partial charge >= 0.3 is 0 Å². The molecular weight excluding hydrogens is 446 g/mol. The van der Waals surface area contributed by atoms with E-state index in [9.17, 15) is 13.2 Å². The Kier molecular flexibility index (Phi) is 6.78. The van der Waals surface area contributed by atoms with E-state index in [1.807, 2.05) is 4.90 Å². The van der Waals surface area contributed by atoms with Crippen molar-refractivity contribution < 1.29 is 17.9 Å². The minimum Gasteiger partial charge on any atom is -0.497 e. The zero-order chi connectivity index (χ0) is 22.6. The standard InChI is InChI=1S/C23H25N3O4S2/c1-30-21-6-4-20(5-7-21)24-32(28,29)22-8-2-19(3-9-22)23(27)26-13-11-25(12-14-26)16-18-10-15-31-17-18/h2-10,15,17,24H,11-14,16H2,1H3. The molecule has 0 unspecified atom stereocenters. The number of ether oxygens (including phenoxy) is 1. The van der Waals surface area contributed by atoms with Crippen molar-refractivity contribution >= 4 is 33.0 Å². The molecule has 1 aromatic heterocycles. The summed E-state index contributed by atoms with van der Waals surface area (Å²) in [5, 5.41) is 4.22. The molecule has 0 spiro atoms. The van der Waals surface area contributed by atoms with Crippen molar-refractivity contribution in [3.05, 3.63) is 76.5 Å². The molecule has 1 aliphatic heterocycles. The molecule has 0 atom stereocenters. The van der Waals surface area contributed by atoms with Crippen LogP contribution in [0.15, 0.2) is 70.3 Å². The van der Waals surface area contributed by atoms with Crippen LogP contribution in [0.1, 0.15) is 15.9 Å². The zero-order valence-corrected chi connectivity index (χ0v) is 19.4. The van der Waals surface area contributed by atoms with Crippen LogP contribution >= 0.6 is 11.3 Å². The van der Waals surface area contributed by atoms with Gasteiger partial charge in [0, 0.05) is 44.0 Å². The number of piperazine rings is 1. The Morgan fingerprint density at radius 1 is 1.00 bits per heavy atom. The number of thiophene rings is 1. The van der Waals surface area contributed by atoms with Crippen molar-refractivity contribution in [2.45, 2.75) is 11.4 Å². The highest BCUT2D eigenvalue weighted by Gasteiger charge is 2.23. The van der Waals surface area contributed by atoms with Gasteiger partial charge in [-0.25, -0.2) is 8.42 Å². The molecule has 1 aliphatic rings. The Morgan fingerprint density at radius 2 is 1.69 bits per heavy atom. The summed E-state index contributed by atoms with van der Waals surface area (Å²) >= 11 is 1.69. The molecule has 0 saturated carbocycles. The molecule has 2 aromatic carbocycles. The molecule has 0 aliphatic carbocycles. The van der Waals surface area contributed by atoms with Gasteiger partial charge in [0.15, 0.2) is 0 Å². The van der Waals surface area contributed by atoms with E-state index in [-0.39, 0.29) is 10.8 Å². The third-order valence-electron chi connectivity index (χ3n) is 5.40. The maximum Gasteiger partial charge on any atom is 0.261 e. The molecule has 9 heteroatoms. The van der Waals surface area contributed by atoms with Crippen LogP contribution in [-0.2, 0) is 16.6 Å². The molecule has 1 saturated heterocycles. The number of anilines is 1. The fourth-order valence-electron chi connectivity index (χ4n) is 3.58. The number of amides is 1. The minimum absolute atomic E-state index is 0.0766. The average molecular weight is 472 g/mol. The first kappa shape index (κ1) is 22.3. The third kappa shape index (κ3) is 5.29.